The Kier molecular flexibility index (Phi) is 9.76. The molecule has 1 aromatic carbocycles. The van der Waals surface area contributed by atoms with Crippen molar-refractivity contribution in [1.29, 1.82) is 0 Å². The van der Waals surface area contributed by atoms with Gasteiger partial charge < -0.3 is 15.3 Å². The fourth-order valence-electron chi connectivity index (χ4n) is 4.85. The largest absolute Gasteiger partial charge is 0.477 e. The molecule has 1 aliphatic heterocycles. The number of benzene rings is 1. The monoisotopic (exact) mass is 545 g/mol. The molecule has 1 saturated carbocycles. The van der Waals surface area contributed by atoms with E-state index in [0.29, 0.717) is 31.8 Å². The molecule has 0 bridgehead atoms. The summed E-state index contributed by atoms with van der Waals surface area (Å²) in [6.45, 7) is 6.69. The van der Waals surface area contributed by atoms with Crippen molar-refractivity contribution in [3.05, 3.63) is 53.3 Å². The fourth-order valence-corrected chi connectivity index (χ4v) is 5.84. The number of hydrogen-bond donors (Lipinski definition) is 3. The molecule has 0 radical (unpaired) electrons. The molecular formula is C28H39N3O6S. The van der Waals surface area contributed by atoms with E-state index in [-0.39, 0.29) is 34.0 Å². The van der Waals surface area contributed by atoms with Crippen LogP contribution in [0.3, 0.4) is 0 Å². The van der Waals surface area contributed by atoms with Crippen molar-refractivity contribution in [1.82, 2.24) is 14.9 Å². The number of nitrogens with one attached hydrogen (secondary N) is 2. The highest BCUT2D eigenvalue weighted by Gasteiger charge is 2.29. The van der Waals surface area contributed by atoms with Crippen LogP contribution in [0.1, 0.15) is 64.9 Å². The number of amides is 2. The van der Waals surface area contributed by atoms with Gasteiger partial charge in [0.05, 0.1) is 4.90 Å². The number of nitrogens with zero attached hydrogens (tertiary/aromatic N) is 1. The SMILES string of the molecule is CC(C)(C)CN1CC(C(=O)NS(=O)(=O)c2ccc(CCNC(=O)CC3CCCCC3)cc2)=CC=C1C(=O)O. The first kappa shape index (κ1) is 29.4. The van der Waals surface area contributed by atoms with Gasteiger partial charge in [-0.1, -0.05) is 52.2 Å². The van der Waals surface area contributed by atoms with Gasteiger partial charge in [-0.3, -0.25) is 9.59 Å². The highest BCUT2D eigenvalue weighted by Crippen LogP contribution is 2.26. The van der Waals surface area contributed by atoms with Crippen molar-refractivity contribution in [3.63, 3.8) is 0 Å². The van der Waals surface area contributed by atoms with Gasteiger partial charge in [-0.25, -0.2) is 17.9 Å². The summed E-state index contributed by atoms with van der Waals surface area (Å²) in [6, 6.07) is 6.19. The van der Waals surface area contributed by atoms with Crippen LogP contribution in [0.5, 0.6) is 0 Å². The second kappa shape index (κ2) is 12.6. The molecule has 1 aliphatic carbocycles. The first-order chi connectivity index (χ1) is 17.8. The van der Waals surface area contributed by atoms with Gasteiger partial charge in [0.1, 0.15) is 5.70 Å². The summed E-state index contributed by atoms with van der Waals surface area (Å²) < 4.78 is 27.8. The second-order valence-corrected chi connectivity index (χ2v) is 13.0. The Morgan fingerprint density at radius 3 is 2.29 bits per heavy atom. The molecule has 10 heteroatoms. The second-order valence-electron chi connectivity index (χ2n) is 11.4. The van der Waals surface area contributed by atoms with Crippen molar-refractivity contribution in [2.45, 2.75) is 70.6 Å². The van der Waals surface area contributed by atoms with Crippen molar-refractivity contribution in [3.8, 4) is 0 Å². The standard InChI is InChI=1S/C28H39N3O6S/c1-28(2,3)19-31-18-22(11-14-24(31)27(34)35)26(33)30-38(36,37)23-12-9-20(10-13-23)15-16-29-25(32)17-21-7-5-4-6-8-21/h9-14,21H,4-8,15-19H2,1-3H3,(H,29,32)(H,30,33)(H,34,35). The summed E-state index contributed by atoms with van der Waals surface area (Å²) in [7, 11) is -4.12. The third-order valence-electron chi connectivity index (χ3n) is 6.72. The summed E-state index contributed by atoms with van der Waals surface area (Å²) in [5.74, 6) is -1.37. The molecular weight excluding hydrogens is 506 g/mol. The van der Waals surface area contributed by atoms with Crippen LogP contribution in [0.4, 0.5) is 0 Å². The van der Waals surface area contributed by atoms with E-state index < -0.39 is 21.9 Å². The molecule has 38 heavy (non-hydrogen) atoms. The predicted octanol–water partition coefficient (Wildman–Crippen LogP) is 3.38. The molecule has 0 spiro atoms. The van der Waals surface area contributed by atoms with Crippen LogP contribution in [-0.2, 0) is 30.8 Å². The zero-order valence-electron chi connectivity index (χ0n) is 22.5. The molecule has 0 unspecified atom stereocenters. The first-order valence-electron chi connectivity index (χ1n) is 13.2. The molecule has 0 aromatic heterocycles. The Morgan fingerprint density at radius 1 is 1.03 bits per heavy atom. The van der Waals surface area contributed by atoms with Crippen LogP contribution < -0.4 is 10.0 Å². The Bertz CT molecular complexity index is 1190. The van der Waals surface area contributed by atoms with Crippen molar-refractivity contribution in [2.75, 3.05) is 19.6 Å². The molecule has 9 nitrogen and oxygen atoms in total. The molecule has 3 rings (SSSR count). The van der Waals surface area contributed by atoms with Crippen LogP contribution >= 0.6 is 0 Å². The lowest BCUT2D eigenvalue weighted by atomic mass is 9.87. The molecule has 208 valence electrons. The average Bonchev–Trinajstić information content (AvgIpc) is 2.83. The maximum absolute atomic E-state index is 12.8. The van der Waals surface area contributed by atoms with Crippen LogP contribution in [0.15, 0.2) is 52.6 Å². The molecule has 0 atom stereocenters. The number of aliphatic carboxylic acids is 1. The molecule has 3 N–H and O–H groups in total. The van der Waals surface area contributed by atoms with Gasteiger partial charge in [0.2, 0.25) is 5.91 Å². The van der Waals surface area contributed by atoms with Gasteiger partial charge in [0.15, 0.2) is 0 Å². The van der Waals surface area contributed by atoms with Crippen molar-refractivity contribution < 1.29 is 27.9 Å². The lowest BCUT2D eigenvalue weighted by Gasteiger charge is -2.34. The van der Waals surface area contributed by atoms with Crippen LogP contribution in [0.2, 0.25) is 0 Å². The first-order valence-corrected chi connectivity index (χ1v) is 14.6. The van der Waals surface area contributed by atoms with Gasteiger partial charge in [-0.05, 0) is 60.4 Å². The zero-order chi connectivity index (χ0) is 27.9. The van der Waals surface area contributed by atoms with Crippen LogP contribution in [-0.4, -0.2) is 55.8 Å². The predicted molar refractivity (Wildman–Crippen MR) is 145 cm³/mol. The minimum absolute atomic E-state index is 0.0117. The van der Waals surface area contributed by atoms with Crippen molar-refractivity contribution >= 4 is 27.8 Å². The van der Waals surface area contributed by atoms with E-state index in [1.165, 1.54) is 43.5 Å². The molecule has 2 amide bonds. The number of carboxylic acid groups (broad SMARTS) is 1. The molecule has 1 aromatic rings. The summed E-state index contributed by atoms with van der Waals surface area (Å²) in [6.07, 6.45) is 9.69. The lowest BCUT2D eigenvalue weighted by Crippen LogP contribution is -2.41. The maximum Gasteiger partial charge on any atom is 0.352 e. The number of carbonyl (C=O) groups is 3. The van der Waals surface area contributed by atoms with E-state index in [9.17, 15) is 27.9 Å². The Morgan fingerprint density at radius 2 is 1.68 bits per heavy atom. The summed E-state index contributed by atoms with van der Waals surface area (Å²) >= 11 is 0. The number of carboxylic acids is 1. The number of allylic oxidation sites excluding steroid dienone is 2. The molecule has 2 aliphatic rings. The van der Waals surface area contributed by atoms with Gasteiger partial charge in [-0.15, -0.1) is 0 Å². The van der Waals surface area contributed by atoms with E-state index in [1.807, 2.05) is 20.8 Å². The zero-order valence-corrected chi connectivity index (χ0v) is 23.3. The van der Waals surface area contributed by atoms with E-state index in [4.69, 9.17) is 0 Å². The van der Waals surface area contributed by atoms with Crippen LogP contribution in [0.25, 0.3) is 0 Å². The van der Waals surface area contributed by atoms with Crippen molar-refractivity contribution in [2.24, 2.45) is 11.3 Å². The molecule has 1 fully saturated rings. The number of hydrogen-bond acceptors (Lipinski definition) is 6. The minimum Gasteiger partial charge on any atom is -0.477 e. The van der Waals surface area contributed by atoms with E-state index in [2.05, 4.69) is 10.0 Å². The highest BCUT2D eigenvalue weighted by molar-refractivity contribution is 7.90. The summed E-state index contributed by atoms with van der Waals surface area (Å²) in [4.78, 5) is 38.1. The molecule has 0 saturated heterocycles. The van der Waals surface area contributed by atoms with E-state index in [0.717, 1.165) is 18.4 Å². The summed E-state index contributed by atoms with van der Waals surface area (Å²) in [5, 5.41) is 12.4. The van der Waals surface area contributed by atoms with E-state index in [1.54, 1.807) is 17.0 Å². The number of carbonyl (C=O) groups excluding carboxylic acids is 2. The minimum atomic E-state index is -4.12. The Hall–Kier alpha value is -3.14. The smallest absolute Gasteiger partial charge is 0.352 e. The lowest BCUT2D eigenvalue weighted by molar-refractivity contribution is -0.134. The highest BCUT2D eigenvalue weighted by atomic mass is 32.2. The molecule has 1 heterocycles. The maximum atomic E-state index is 12.8. The van der Waals surface area contributed by atoms with Gasteiger partial charge in [-0.2, -0.15) is 0 Å². The average molecular weight is 546 g/mol. The third-order valence-corrected chi connectivity index (χ3v) is 8.06. The number of sulfonamides is 1. The van der Waals surface area contributed by atoms with Crippen LogP contribution in [0, 0.1) is 11.3 Å². The third kappa shape index (κ3) is 8.72. The summed E-state index contributed by atoms with van der Waals surface area (Å²) in [5.41, 5.74) is 0.843. The topological polar surface area (TPSA) is 133 Å². The Labute approximate surface area is 225 Å². The number of rotatable bonds is 10. The van der Waals surface area contributed by atoms with Gasteiger partial charge >= 0.3 is 5.97 Å². The normalized spacial score (nSPS) is 16.9. The van der Waals surface area contributed by atoms with E-state index >= 15 is 0 Å². The van der Waals surface area contributed by atoms with Gasteiger partial charge in [0.25, 0.3) is 15.9 Å². The van der Waals surface area contributed by atoms with Gasteiger partial charge in [0, 0.05) is 31.6 Å². The fraction of sp³-hybridized carbons (Fsp3) is 0.536. The quantitative estimate of drug-likeness (QED) is 0.411. The Balaban J connectivity index is 1.55.